The maximum absolute atomic E-state index is 12.8. The molecule has 144 valence electrons. The fourth-order valence-electron chi connectivity index (χ4n) is 2.72. The van der Waals surface area contributed by atoms with Crippen molar-refractivity contribution in [2.75, 3.05) is 6.54 Å². The van der Waals surface area contributed by atoms with Crippen molar-refractivity contribution in [3.8, 4) is 11.6 Å². The number of alkyl halides is 3. The van der Waals surface area contributed by atoms with Crippen LogP contribution in [0.5, 0.6) is 11.6 Å². The summed E-state index contributed by atoms with van der Waals surface area (Å²) in [6.45, 7) is 0.449. The minimum atomic E-state index is -4.47. The average molecular weight is 381 g/mol. The third-order valence-corrected chi connectivity index (χ3v) is 4.10. The van der Waals surface area contributed by atoms with Gasteiger partial charge >= 0.3 is 6.18 Å². The van der Waals surface area contributed by atoms with Crippen LogP contribution >= 0.6 is 0 Å². The van der Waals surface area contributed by atoms with Crippen LogP contribution in [0.1, 0.15) is 17.5 Å². The summed E-state index contributed by atoms with van der Waals surface area (Å²) < 4.78 is 44.0. The van der Waals surface area contributed by atoms with Crippen LogP contribution in [0.2, 0.25) is 0 Å². The Bertz CT molecular complexity index is 814. The number of aromatic nitrogens is 1. The monoisotopic (exact) mass is 381 g/mol. The van der Waals surface area contributed by atoms with E-state index in [9.17, 15) is 23.1 Å². The van der Waals surface area contributed by atoms with Crippen LogP contribution in [0.4, 0.5) is 13.2 Å². The van der Waals surface area contributed by atoms with Gasteiger partial charge in [-0.2, -0.15) is 13.2 Å². The minimum absolute atomic E-state index is 0.00307. The normalized spacial score (nSPS) is 19.7. The predicted octanol–water partition coefficient (Wildman–Crippen LogP) is 2.23. The average Bonchev–Trinajstić information content (AvgIpc) is 3.07. The number of nitrogens with one attached hydrogen (secondary N) is 2. The molecule has 1 aromatic carbocycles. The SMILES string of the molecule is O=C(NCc1cccnc1Oc1cccc(C(F)(F)F)c1)[C@@H]1C[C@@H](O)CN1. The van der Waals surface area contributed by atoms with Crippen molar-refractivity contribution in [2.45, 2.75) is 31.3 Å². The Labute approximate surface area is 153 Å². The van der Waals surface area contributed by atoms with Crippen LogP contribution in [0.3, 0.4) is 0 Å². The smallest absolute Gasteiger partial charge is 0.416 e. The summed E-state index contributed by atoms with van der Waals surface area (Å²) in [6.07, 6.45) is -3.26. The molecule has 2 atom stereocenters. The first-order chi connectivity index (χ1) is 12.8. The highest BCUT2D eigenvalue weighted by Crippen LogP contribution is 2.32. The number of aliphatic hydroxyl groups is 1. The van der Waals surface area contributed by atoms with Gasteiger partial charge in [0.05, 0.1) is 17.7 Å². The molecule has 0 unspecified atom stereocenters. The van der Waals surface area contributed by atoms with Gasteiger partial charge in [-0.25, -0.2) is 4.98 Å². The number of β-amino-alcohol motifs (C(OH)–C–C–N with tert-alkyl or cyclic N) is 1. The van der Waals surface area contributed by atoms with Gasteiger partial charge in [0, 0.05) is 24.8 Å². The number of carbonyl (C=O) groups excluding carboxylic acids is 1. The van der Waals surface area contributed by atoms with Crippen LogP contribution < -0.4 is 15.4 Å². The first kappa shape index (κ1) is 19.1. The van der Waals surface area contributed by atoms with Crippen LogP contribution in [-0.4, -0.2) is 34.7 Å². The number of ether oxygens (including phenoxy) is 1. The van der Waals surface area contributed by atoms with E-state index in [1.54, 1.807) is 12.1 Å². The second-order valence-corrected chi connectivity index (χ2v) is 6.16. The maximum atomic E-state index is 12.8. The number of pyridine rings is 1. The van der Waals surface area contributed by atoms with Gasteiger partial charge in [-0.1, -0.05) is 12.1 Å². The maximum Gasteiger partial charge on any atom is 0.416 e. The Balaban J connectivity index is 1.68. The Kier molecular flexibility index (Phi) is 5.62. The van der Waals surface area contributed by atoms with E-state index in [2.05, 4.69) is 15.6 Å². The van der Waals surface area contributed by atoms with Gasteiger partial charge in [0.1, 0.15) is 5.75 Å². The summed E-state index contributed by atoms with van der Waals surface area (Å²) in [5.41, 5.74) is -0.307. The molecule has 1 aromatic heterocycles. The van der Waals surface area contributed by atoms with Crippen LogP contribution in [0.25, 0.3) is 0 Å². The molecule has 0 bridgehead atoms. The van der Waals surface area contributed by atoms with Crippen molar-refractivity contribution in [1.82, 2.24) is 15.6 Å². The summed E-state index contributed by atoms with van der Waals surface area (Å²) in [6, 6.07) is 7.31. The fourth-order valence-corrected chi connectivity index (χ4v) is 2.72. The lowest BCUT2D eigenvalue weighted by molar-refractivity contribution is -0.137. The summed E-state index contributed by atoms with van der Waals surface area (Å²) >= 11 is 0. The lowest BCUT2D eigenvalue weighted by Crippen LogP contribution is -2.40. The number of halogens is 3. The zero-order valence-corrected chi connectivity index (χ0v) is 14.2. The number of carbonyl (C=O) groups is 1. The molecule has 1 saturated heterocycles. The van der Waals surface area contributed by atoms with Crippen LogP contribution in [0, 0.1) is 0 Å². The number of rotatable bonds is 5. The molecule has 6 nitrogen and oxygen atoms in total. The first-order valence-corrected chi connectivity index (χ1v) is 8.31. The van der Waals surface area contributed by atoms with Gasteiger partial charge in [0.15, 0.2) is 0 Å². The van der Waals surface area contributed by atoms with Gasteiger partial charge in [0.2, 0.25) is 11.8 Å². The summed E-state index contributed by atoms with van der Waals surface area (Å²) in [5.74, 6) is -0.173. The van der Waals surface area contributed by atoms with Crippen molar-refractivity contribution in [3.63, 3.8) is 0 Å². The van der Waals surface area contributed by atoms with Gasteiger partial charge in [-0.15, -0.1) is 0 Å². The Morgan fingerprint density at radius 3 is 2.85 bits per heavy atom. The molecular formula is C18H18F3N3O3. The topological polar surface area (TPSA) is 83.5 Å². The molecule has 27 heavy (non-hydrogen) atoms. The van der Waals surface area contributed by atoms with Gasteiger partial charge in [-0.3, -0.25) is 4.79 Å². The Hall–Kier alpha value is -2.65. The van der Waals surface area contributed by atoms with Crippen LogP contribution in [0.15, 0.2) is 42.6 Å². The van der Waals surface area contributed by atoms with E-state index in [1.165, 1.54) is 18.3 Å². The molecule has 1 aliphatic rings. The van der Waals surface area contributed by atoms with E-state index in [0.717, 1.165) is 12.1 Å². The number of hydrogen-bond acceptors (Lipinski definition) is 5. The van der Waals surface area contributed by atoms with E-state index in [1.807, 2.05) is 0 Å². The molecule has 1 aliphatic heterocycles. The quantitative estimate of drug-likeness (QED) is 0.740. The van der Waals surface area contributed by atoms with Gasteiger partial charge in [0.25, 0.3) is 0 Å². The third-order valence-electron chi connectivity index (χ3n) is 4.10. The van der Waals surface area contributed by atoms with Crippen molar-refractivity contribution in [1.29, 1.82) is 0 Å². The lowest BCUT2D eigenvalue weighted by atomic mass is 10.2. The van der Waals surface area contributed by atoms with Crippen molar-refractivity contribution in [2.24, 2.45) is 0 Å². The second kappa shape index (κ2) is 7.93. The predicted molar refractivity (Wildman–Crippen MR) is 90.0 cm³/mol. The molecule has 1 amide bonds. The van der Waals surface area contributed by atoms with E-state index >= 15 is 0 Å². The number of aliphatic hydroxyl groups excluding tert-OH is 1. The Morgan fingerprint density at radius 1 is 1.33 bits per heavy atom. The highest BCUT2D eigenvalue weighted by molar-refractivity contribution is 5.82. The summed E-state index contributed by atoms with van der Waals surface area (Å²) in [5, 5.41) is 15.1. The molecular weight excluding hydrogens is 363 g/mol. The zero-order valence-electron chi connectivity index (χ0n) is 14.2. The molecule has 3 rings (SSSR count). The van der Waals surface area contributed by atoms with Crippen LogP contribution in [-0.2, 0) is 17.5 Å². The van der Waals surface area contributed by atoms with E-state index < -0.39 is 23.9 Å². The number of hydrogen-bond donors (Lipinski definition) is 3. The number of nitrogens with zero attached hydrogens (tertiary/aromatic N) is 1. The van der Waals surface area contributed by atoms with E-state index in [4.69, 9.17) is 4.74 Å². The van der Waals surface area contributed by atoms with E-state index in [-0.39, 0.29) is 24.1 Å². The first-order valence-electron chi connectivity index (χ1n) is 8.31. The third kappa shape index (κ3) is 4.95. The molecule has 1 fully saturated rings. The molecule has 3 N–H and O–H groups in total. The molecule has 0 radical (unpaired) electrons. The van der Waals surface area contributed by atoms with Gasteiger partial charge in [-0.05, 0) is 30.7 Å². The highest BCUT2D eigenvalue weighted by Gasteiger charge is 2.31. The molecule has 0 spiro atoms. The summed E-state index contributed by atoms with van der Waals surface area (Å²) in [4.78, 5) is 16.2. The number of benzene rings is 1. The fraction of sp³-hybridized carbons (Fsp3) is 0.333. The standard InChI is InChI=1S/C18H18F3N3O3/c19-18(20,21)12-4-1-5-14(7-12)27-17-11(3-2-6-22-17)9-24-16(26)15-8-13(25)10-23-15/h1-7,13,15,23,25H,8-10H2,(H,24,26)/t13-,15+/m1/s1. The molecule has 2 heterocycles. The second-order valence-electron chi connectivity index (χ2n) is 6.16. The largest absolute Gasteiger partial charge is 0.439 e. The van der Waals surface area contributed by atoms with Crippen molar-refractivity contribution in [3.05, 3.63) is 53.7 Å². The van der Waals surface area contributed by atoms with E-state index in [0.29, 0.717) is 18.5 Å². The molecule has 9 heteroatoms. The highest BCUT2D eigenvalue weighted by atomic mass is 19.4. The van der Waals surface area contributed by atoms with Crippen molar-refractivity contribution < 1.29 is 27.8 Å². The zero-order chi connectivity index (χ0) is 19.4. The molecule has 2 aromatic rings. The van der Waals surface area contributed by atoms with Crippen molar-refractivity contribution >= 4 is 5.91 Å². The minimum Gasteiger partial charge on any atom is -0.439 e. The lowest BCUT2D eigenvalue weighted by Gasteiger charge is -2.14. The van der Waals surface area contributed by atoms with Gasteiger partial charge < -0.3 is 20.5 Å². The number of amides is 1. The summed E-state index contributed by atoms with van der Waals surface area (Å²) in [7, 11) is 0. The Morgan fingerprint density at radius 2 is 2.15 bits per heavy atom. The molecule has 0 saturated carbocycles. The molecule has 0 aliphatic carbocycles.